The van der Waals surface area contributed by atoms with Gasteiger partial charge in [0.1, 0.15) is 0 Å². The van der Waals surface area contributed by atoms with Gasteiger partial charge in [-0.1, -0.05) is 11.8 Å². The van der Waals surface area contributed by atoms with E-state index in [1.165, 1.54) is 11.8 Å². The third-order valence-corrected chi connectivity index (χ3v) is 5.82. The second kappa shape index (κ2) is 7.36. The number of nitrogens with one attached hydrogen (secondary N) is 1. The predicted octanol–water partition coefficient (Wildman–Crippen LogP) is 0.0304. The summed E-state index contributed by atoms with van der Waals surface area (Å²) in [5, 5.41) is 12.3. The zero-order valence-electron chi connectivity index (χ0n) is 13.6. The average Bonchev–Trinajstić information content (AvgIpc) is 3.28. The van der Waals surface area contributed by atoms with Crippen LogP contribution >= 0.6 is 11.8 Å². The van der Waals surface area contributed by atoms with Gasteiger partial charge in [-0.05, 0) is 42.5 Å². The molecule has 1 N–H and O–H groups in total. The van der Waals surface area contributed by atoms with Gasteiger partial charge in [0.05, 0.1) is 18.1 Å². The highest BCUT2D eigenvalue weighted by molar-refractivity contribution is 7.99. The molecular weight excluding hydrogens is 352 g/mol. The molecule has 1 aliphatic heterocycles. The number of nitrogens with zero attached hydrogens (tertiary/aromatic N) is 5. The zero-order chi connectivity index (χ0) is 17.2. The van der Waals surface area contributed by atoms with E-state index in [0.29, 0.717) is 17.7 Å². The number of tetrazole rings is 1. The van der Waals surface area contributed by atoms with Crippen LogP contribution in [0.4, 0.5) is 0 Å². The summed E-state index contributed by atoms with van der Waals surface area (Å²) >= 11 is 1.35. The molecule has 1 saturated carbocycles. The molecule has 11 heteroatoms. The van der Waals surface area contributed by atoms with Gasteiger partial charge in [-0.15, -0.1) is 5.10 Å². The Kier molecular flexibility index (Phi) is 5.40. The third kappa shape index (κ3) is 4.67. The molecule has 0 aromatic carbocycles. The number of sulfonamides is 1. The number of likely N-dealkylation sites (tertiary alicyclic amines) is 1. The summed E-state index contributed by atoms with van der Waals surface area (Å²) in [6, 6.07) is 0.292. The van der Waals surface area contributed by atoms with E-state index >= 15 is 0 Å². The van der Waals surface area contributed by atoms with Gasteiger partial charge < -0.3 is 4.90 Å². The van der Waals surface area contributed by atoms with Crippen LogP contribution in [0.1, 0.15) is 38.1 Å². The van der Waals surface area contributed by atoms with E-state index in [2.05, 4.69) is 20.2 Å². The molecule has 1 aromatic rings. The van der Waals surface area contributed by atoms with E-state index in [1.807, 2.05) is 0 Å². The normalized spacial score (nSPS) is 21.9. The van der Waals surface area contributed by atoms with Crippen molar-refractivity contribution >= 4 is 27.7 Å². The van der Waals surface area contributed by atoms with E-state index in [-0.39, 0.29) is 24.2 Å². The maximum atomic E-state index is 12.6. The molecule has 0 radical (unpaired) electrons. The van der Waals surface area contributed by atoms with Crippen LogP contribution in [0.2, 0.25) is 0 Å². The summed E-state index contributed by atoms with van der Waals surface area (Å²) < 4.78 is 26.9. The lowest BCUT2D eigenvalue weighted by Crippen LogP contribution is -2.49. The highest BCUT2D eigenvalue weighted by Crippen LogP contribution is 2.36. The van der Waals surface area contributed by atoms with Crippen molar-refractivity contribution in [3.05, 3.63) is 0 Å². The fraction of sp³-hybridized carbons (Fsp3) is 0.846. The van der Waals surface area contributed by atoms with Crippen molar-refractivity contribution in [1.82, 2.24) is 29.8 Å². The molecule has 134 valence electrons. The van der Waals surface area contributed by atoms with Crippen LogP contribution in [0.25, 0.3) is 0 Å². The van der Waals surface area contributed by atoms with Crippen LogP contribution in [-0.4, -0.2) is 70.6 Å². The minimum atomic E-state index is -3.25. The van der Waals surface area contributed by atoms with Gasteiger partial charge in [0, 0.05) is 19.1 Å². The standard InChI is InChI=1S/C13H22N6O3S2/c1-24(21,22)14-8-11-4-2-3-7-18(11)12(20)9-23-13-15-16-17-19(13)10-5-6-10/h10-11,14H,2-9H2,1H3. The van der Waals surface area contributed by atoms with Crippen LogP contribution in [0, 0.1) is 0 Å². The summed E-state index contributed by atoms with van der Waals surface area (Å²) in [6.45, 7) is 0.943. The van der Waals surface area contributed by atoms with Crippen molar-refractivity contribution in [2.24, 2.45) is 0 Å². The lowest BCUT2D eigenvalue weighted by molar-refractivity contribution is -0.131. The highest BCUT2D eigenvalue weighted by atomic mass is 32.2. The van der Waals surface area contributed by atoms with Crippen molar-refractivity contribution in [3.8, 4) is 0 Å². The maximum absolute atomic E-state index is 12.6. The SMILES string of the molecule is CS(=O)(=O)NCC1CCCCN1C(=O)CSc1nnnn1C1CC1. The molecule has 1 atom stereocenters. The largest absolute Gasteiger partial charge is 0.338 e. The number of piperidine rings is 1. The zero-order valence-corrected chi connectivity index (χ0v) is 15.2. The molecule has 1 aromatic heterocycles. The number of rotatable bonds is 7. The minimum absolute atomic E-state index is 0.00495. The van der Waals surface area contributed by atoms with E-state index in [0.717, 1.165) is 38.4 Å². The quantitative estimate of drug-likeness (QED) is 0.670. The first-order valence-corrected chi connectivity index (χ1v) is 11.0. The monoisotopic (exact) mass is 374 g/mol. The Hall–Kier alpha value is -1.20. The summed E-state index contributed by atoms with van der Waals surface area (Å²) in [5.74, 6) is 0.271. The summed E-state index contributed by atoms with van der Waals surface area (Å²) in [6.07, 6.45) is 6.07. The predicted molar refractivity (Wildman–Crippen MR) is 89.0 cm³/mol. The summed E-state index contributed by atoms with van der Waals surface area (Å²) in [4.78, 5) is 14.4. The molecule has 1 amide bonds. The van der Waals surface area contributed by atoms with Crippen molar-refractivity contribution in [2.75, 3.05) is 25.1 Å². The molecule has 3 rings (SSSR count). The summed E-state index contributed by atoms with van der Waals surface area (Å²) in [5.41, 5.74) is 0. The molecule has 2 aliphatic rings. The molecular formula is C13H22N6O3S2. The fourth-order valence-corrected chi connectivity index (χ4v) is 4.15. The molecule has 2 fully saturated rings. The van der Waals surface area contributed by atoms with E-state index in [1.54, 1.807) is 9.58 Å². The van der Waals surface area contributed by atoms with Gasteiger partial charge in [0.2, 0.25) is 21.1 Å². The van der Waals surface area contributed by atoms with Gasteiger partial charge in [-0.2, -0.15) is 0 Å². The molecule has 9 nitrogen and oxygen atoms in total. The van der Waals surface area contributed by atoms with Gasteiger partial charge in [0.25, 0.3) is 0 Å². The van der Waals surface area contributed by atoms with Gasteiger partial charge in [0.15, 0.2) is 0 Å². The van der Waals surface area contributed by atoms with Crippen LogP contribution in [0.5, 0.6) is 0 Å². The number of carbonyl (C=O) groups excluding carboxylic acids is 1. The second-order valence-electron chi connectivity index (χ2n) is 6.28. The summed E-state index contributed by atoms with van der Waals surface area (Å²) in [7, 11) is -3.25. The Bertz CT molecular complexity index is 688. The first-order chi connectivity index (χ1) is 11.4. The lowest BCUT2D eigenvalue weighted by Gasteiger charge is -2.35. The van der Waals surface area contributed by atoms with Gasteiger partial charge in [-0.3, -0.25) is 4.79 Å². The molecule has 2 heterocycles. The van der Waals surface area contributed by atoms with Crippen molar-refractivity contribution in [1.29, 1.82) is 0 Å². The Morgan fingerprint density at radius 1 is 1.33 bits per heavy atom. The topological polar surface area (TPSA) is 110 Å². The van der Waals surface area contributed by atoms with E-state index < -0.39 is 10.0 Å². The molecule has 24 heavy (non-hydrogen) atoms. The highest BCUT2D eigenvalue weighted by Gasteiger charge is 2.30. The van der Waals surface area contributed by atoms with Crippen molar-refractivity contribution < 1.29 is 13.2 Å². The molecule has 0 spiro atoms. The van der Waals surface area contributed by atoms with Gasteiger partial charge in [-0.25, -0.2) is 17.8 Å². The Labute approximate surface area is 145 Å². The first-order valence-electron chi connectivity index (χ1n) is 8.09. The number of aromatic nitrogens is 4. The van der Waals surface area contributed by atoms with E-state index in [9.17, 15) is 13.2 Å². The first kappa shape index (κ1) is 17.6. The number of hydrogen-bond donors (Lipinski definition) is 1. The van der Waals surface area contributed by atoms with Crippen LogP contribution in [0.15, 0.2) is 5.16 Å². The Balaban J connectivity index is 1.56. The van der Waals surface area contributed by atoms with E-state index in [4.69, 9.17) is 0 Å². The smallest absolute Gasteiger partial charge is 0.233 e. The average molecular weight is 374 g/mol. The van der Waals surface area contributed by atoms with Crippen LogP contribution < -0.4 is 4.72 Å². The molecule has 1 saturated heterocycles. The van der Waals surface area contributed by atoms with Gasteiger partial charge >= 0.3 is 0 Å². The Morgan fingerprint density at radius 3 is 2.83 bits per heavy atom. The van der Waals surface area contributed by atoms with Crippen molar-refractivity contribution in [2.45, 2.75) is 49.3 Å². The molecule has 1 unspecified atom stereocenters. The number of thioether (sulfide) groups is 1. The minimum Gasteiger partial charge on any atom is -0.338 e. The van der Waals surface area contributed by atoms with Crippen LogP contribution in [0.3, 0.4) is 0 Å². The molecule has 1 aliphatic carbocycles. The fourth-order valence-electron chi connectivity index (χ4n) is 2.83. The number of carbonyl (C=O) groups is 1. The number of amides is 1. The Morgan fingerprint density at radius 2 is 2.12 bits per heavy atom. The van der Waals surface area contributed by atoms with Crippen LogP contribution in [-0.2, 0) is 14.8 Å². The van der Waals surface area contributed by atoms with Crippen molar-refractivity contribution in [3.63, 3.8) is 0 Å². The lowest BCUT2D eigenvalue weighted by atomic mass is 10.0. The molecule has 0 bridgehead atoms. The third-order valence-electron chi connectivity index (χ3n) is 4.21. The number of hydrogen-bond acceptors (Lipinski definition) is 7. The second-order valence-corrected chi connectivity index (χ2v) is 9.06. The maximum Gasteiger partial charge on any atom is 0.233 e.